The summed E-state index contributed by atoms with van der Waals surface area (Å²) in [5.74, 6) is -0.467. The lowest BCUT2D eigenvalue weighted by Gasteiger charge is -2.28. The van der Waals surface area contributed by atoms with Crippen molar-refractivity contribution < 1.29 is 14.3 Å². The van der Waals surface area contributed by atoms with E-state index in [1.807, 2.05) is 65.3 Å². The standard InChI is InChI=1S/C27H28N6O3/c1-31(19-26(34)28-22-10-12-23(13-11-22)32-14-16-36-17-15-32)27(35)21-8-6-20(7-9-21)18-33-25-5-3-2-4-24(25)29-30-33/h2-13H,14-19H2,1H3,(H,28,34). The molecule has 0 spiro atoms. The van der Waals surface area contributed by atoms with Crippen molar-refractivity contribution in [2.75, 3.05) is 50.1 Å². The van der Waals surface area contributed by atoms with Gasteiger partial charge in [0.05, 0.1) is 31.8 Å². The van der Waals surface area contributed by atoms with E-state index in [0.717, 1.165) is 48.6 Å². The van der Waals surface area contributed by atoms with Crippen molar-refractivity contribution >= 4 is 34.2 Å². The van der Waals surface area contributed by atoms with Gasteiger partial charge in [0.15, 0.2) is 0 Å². The molecule has 1 fully saturated rings. The Kier molecular flexibility index (Phi) is 6.90. The molecule has 2 heterocycles. The van der Waals surface area contributed by atoms with E-state index < -0.39 is 0 Å². The summed E-state index contributed by atoms with van der Waals surface area (Å²) in [7, 11) is 1.62. The zero-order valence-electron chi connectivity index (χ0n) is 20.1. The van der Waals surface area contributed by atoms with E-state index in [1.165, 1.54) is 4.90 Å². The van der Waals surface area contributed by atoms with Gasteiger partial charge in [-0.1, -0.05) is 29.5 Å². The molecule has 3 aromatic carbocycles. The number of hydrogen-bond acceptors (Lipinski definition) is 6. The van der Waals surface area contributed by atoms with Gasteiger partial charge in [0.1, 0.15) is 5.52 Å². The predicted molar refractivity (Wildman–Crippen MR) is 138 cm³/mol. The molecule has 0 radical (unpaired) electrons. The van der Waals surface area contributed by atoms with Crippen LogP contribution in [0.2, 0.25) is 0 Å². The fourth-order valence-electron chi connectivity index (χ4n) is 4.25. The molecule has 2 amide bonds. The number of nitrogens with one attached hydrogen (secondary N) is 1. The van der Waals surface area contributed by atoms with Gasteiger partial charge < -0.3 is 19.9 Å². The first kappa shape index (κ1) is 23.5. The average Bonchev–Trinajstić information content (AvgIpc) is 3.32. The Bertz CT molecular complexity index is 1340. The van der Waals surface area contributed by atoms with E-state index in [1.54, 1.807) is 19.2 Å². The van der Waals surface area contributed by atoms with Crippen LogP contribution in [0.4, 0.5) is 11.4 Å². The summed E-state index contributed by atoms with van der Waals surface area (Å²) in [5, 5.41) is 11.3. The van der Waals surface area contributed by atoms with Crippen LogP contribution in [0.5, 0.6) is 0 Å². The van der Waals surface area contributed by atoms with E-state index in [4.69, 9.17) is 4.74 Å². The van der Waals surface area contributed by atoms with E-state index in [0.29, 0.717) is 17.8 Å². The molecule has 184 valence electrons. The molecule has 0 unspecified atom stereocenters. The van der Waals surface area contributed by atoms with Crippen molar-refractivity contribution in [3.05, 3.63) is 83.9 Å². The fourth-order valence-corrected chi connectivity index (χ4v) is 4.25. The number of nitrogens with zero attached hydrogens (tertiary/aromatic N) is 5. The van der Waals surface area contributed by atoms with Crippen LogP contribution in [0.15, 0.2) is 72.8 Å². The summed E-state index contributed by atoms with van der Waals surface area (Å²) in [6.07, 6.45) is 0. The third-order valence-electron chi connectivity index (χ3n) is 6.21. The molecule has 9 nitrogen and oxygen atoms in total. The van der Waals surface area contributed by atoms with Gasteiger partial charge in [-0.3, -0.25) is 9.59 Å². The highest BCUT2D eigenvalue weighted by molar-refractivity contribution is 5.99. The number of ether oxygens (including phenoxy) is 1. The highest BCUT2D eigenvalue weighted by atomic mass is 16.5. The third-order valence-corrected chi connectivity index (χ3v) is 6.21. The quantitative estimate of drug-likeness (QED) is 0.434. The van der Waals surface area contributed by atoms with E-state index in [-0.39, 0.29) is 18.4 Å². The van der Waals surface area contributed by atoms with Crippen LogP contribution in [0.1, 0.15) is 15.9 Å². The largest absolute Gasteiger partial charge is 0.378 e. The van der Waals surface area contributed by atoms with Gasteiger partial charge in [0, 0.05) is 37.1 Å². The van der Waals surface area contributed by atoms with E-state index in [9.17, 15) is 9.59 Å². The monoisotopic (exact) mass is 484 g/mol. The zero-order chi connectivity index (χ0) is 24.9. The highest BCUT2D eigenvalue weighted by Gasteiger charge is 2.16. The van der Waals surface area contributed by atoms with Gasteiger partial charge in [0.25, 0.3) is 5.91 Å². The maximum Gasteiger partial charge on any atom is 0.254 e. The van der Waals surface area contributed by atoms with Gasteiger partial charge >= 0.3 is 0 Å². The number of para-hydroxylation sites is 1. The third kappa shape index (κ3) is 5.36. The molecule has 0 atom stereocenters. The Balaban J connectivity index is 1.15. The molecule has 1 aliphatic heterocycles. The molecule has 36 heavy (non-hydrogen) atoms. The van der Waals surface area contributed by atoms with Gasteiger partial charge in [-0.2, -0.15) is 0 Å². The first-order chi connectivity index (χ1) is 17.6. The number of hydrogen-bond donors (Lipinski definition) is 1. The van der Waals surface area contributed by atoms with Crippen molar-refractivity contribution in [2.24, 2.45) is 0 Å². The summed E-state index contributed by atoms with van der Waals surface area (Å²) >= 11 is 0. The molecule has 5 rings (SSSR count). The molecule has 1 N–H and O–H groups in total. The number of rotatable bonds is 7. The minimum Gasteiger partial charge on any atom is -0.378 e. The van der Waals surface area contributed by atoms with Gasteiger partial charge in [-0.25, -0.2) is 4.68 Å². The number of fused-ring (bicyclic) bond motifs is 1. The molecule has 1 saturated heterocycles. The summed E-state index contributed by atoms with van der Waals surface area (Å²) in [6, 6.07) is 22.9. The topological polar surface area (TPSA) is 92.6 Å². The van der Waals surface area contributed by atoms with Crippen LogP contribution < -0.4 is 10.2 Å². The van der Waals surface area contributed by atoms with Crippen LogP contribution >= 0.6 is 0 Å². The van der Waals surface area contributed by atoms with Crippen LogP contribution in [0.25, 0.3) is 11.0 Å². The molecule has 0 saturated carbocycles. The fraction of sp³-hybridized carbons (Fsp3) is 0.259. The Labute approximate surface area is 209 Å². The Morgan fingerprint density at radius 1 is 0.972 bits per heavy atom. The zero-order valence-corrected chi connectivity index (χ0v) is 20.1. The predicted octanol–water partition coefficient (Wildman–Crippen LogP) is 3.03. The van der Waals surface area contributed by atoms with Crippen LogP contribution in [0.3, 0.4) is 0 Å². The number of morpholine rings is 1. The van der Waals surface area contributed by atoms with Crippen molar-refractivity contribution in [1.82, 2.24) is 19.9 Å². The molecule has 0 bridgehead atoms. The smallest absolute Gasteiger partial charge is 0.254 e. The van der Waals surface area contributed by atoms with Gasteiger partial charge in [-0.05, 0) is 54.1 Å². The maximum atomic E-state index is 12.9. The summed E-state index contributed by atoms with van der Waals surface area (Å²) in [5.41, 5.74) is 5.12. The van der Waals surface area contributed by atoms with Crippen molar-refractivity contribution in [1.29, 1.82) is 0 Å². The highest BCUT2D eigenvalue weighted by Crippen LogP contribution is 2.19. The minimum atomic E-state index is -0.250. The number of amides is 2. The minimum absolute atomic E-state index is 0.0449. The van der Waals surface area contributed by atoms with Crippen molar-refractivity contribution in [3.8, 4) is 0 Å². The average molecular weight is 485 g/mol. The second-order valence-electron chi connectivity index (χ2n) is 8.79. The maximum absolute atomic E-state index is 12.9. The summed E-state index contributed by atoms with van der Waals surface area (Å²) in [4.78, 5) is 29.1. The molecular weight excluding hydrogens is 456 g/mol. The van der Waals surface area contributed by atoms with E-state index in [2.05, 4.69) is 20.5 Å². The molecule has 4 aromatic rings. The second-order valence-corrected chi connectivity index (χ2v) is 8.79. The first-order valence-electron chi connectivity index (χ1n) is 11.9. The number of benzene rings is 3. The number of carbonyl (C=O) groups is 2. The summed E-state index contributed by atoms with van der Waals surface area (Å²) in [6.45, 7) is 3.67. The Morgan fingerprint density at radius 3 is 2.44 bits per heavy atom. The van der Waals surface area contributed by atoms with E-state index >= 15 is 0 Å². The number of anilines is 2. The number of likely N-dealkylation sites (N-methyl/N-ethyl adjacent to an activating group) is 1. The Hall–Kier alpha value is -4.24. The van der Waals surface area contributed by atoms with Crippen molar-refractivity contribution in [2.45, 2.75) is 6.54 Å². The molecular formula is C27H28N6O3. The molecule has 1 aromatic heterocycles. The molecule has 9 heteroatoms. The number of carbonyl (C=O) groups excluding carboxylic acids is 2. The van der Waals surface area contributed by atoms with Gasteiger partial charge in [0.2, 0.25) is 5.91 Å². The lowest BCUT2D eigenvalue weighted by atomic mass is 10.1. The number of aromatic nitrogens is 3. The van der Waals surface area contributed by atoms with Crippen LogP contribution in [0, 0.1) is 0 Å². The lowest BCUT2D eigenvalue weighted by molar-refractivity contribution is -0.116. The summed E-state index contributed by atoms with van der Waals surface area (Å²) < 4.78 is 7.22. The van der Waals surface area contributed by atoms with Crippen LogP contribution in [-0.4, -0.2) is 71.6 Å². The van der Waals surface area contributed by atoms with Crippen molar-refractivity contribution in [3.63, 3.8) is 0 Å². The Morgan fingerprint density at radius 2 is 1.69 bits per heavy atom. The molecule has 1 aliphatic rings. The second kappa shape index (κ2) is 10.6. The lowest BCUT2D eigenvalue weighted by Crippen LogP contribution is -2.36. The normalized spacial score (nSPS) is 13.5. The van der Waals surface area contributed by atoms with Crippen LogP contribution in [-0.2, 0) is 16.1 Å². The SMILES string of the molecule is CN(CC(=O)Nc1ccc(N2CCOCC2)cc1)C(=O)c1ccc(Cn2nnc3ccccc32)cc1. The first-order valence-corrected chi connectivity index (χ1v) is 11.9. The van der Waals surface area contributed by atoms with Gasteiger partial charge in [-0.15, -0.1) is 5.10 Å². The molecule has 0 aliphatic carbocycles.